The molecule has 1 aliphatic heterocycles. The van der Waals surface area contributed by atoms with Gasteiger partial charge in [-0.2, -0.15) is 0 Å². The highest BCUT2D eigenvalue weighted by molar-refractivity contribution is 4.73. The first-order valence-corrected chi connectivity index (χ1v) is 3.15. The zero-order valence-corrected chi connectivity index (χ0v) is 5.39. The van der Waals surface area contributed by atoms with Gasteiger partial charge >= 0.3 is 0 Å². The minimum absolute atomic E-state index is 0.130. The molecule has 0 bridgehead atoms. The van der Waals surface area contributed by atoms with Gasteiger partial charge in [-0.15, -0.1) is 0 Å². The van der Waals surface area contributed by atoms with Crippen LogP contribution in [0.25, 0.3) is 0 Å². The van der Waals surface area contributed by atoms with E-state index in [1.54, 1.807) is 0 Å². The first-order valence-electron chi connectivity index (χ1n) is 3.15. The van der Waals surface area contributed by atoms with Crippen LogP contribution in [0.3, 0.4) is 0 Å². The van der Waals surface area contributed by atoms with Crippen LogP contribution < -0.4 is 0 Å². The van der Waals surface area contributed by atoms with Crippen molar-refractivity contribution in [3.05, 3.63) is 0 Å². The Morgan fingerprint density at radius 2 is 2.25 bits per heavy atom. The molecule has 1 saturated heterocycles. The Morgan fingerprint density at radius 1 is 1.50 bits per heavy atom. The summed E-state index contributed by atoms with van der Waals surface area (Å²) in [6.07, 6.45) is 1.60. The zero-order chi connectivity index (χ0) is 5.98. The average Bonchev–Trinajstić information content (AvgIpc) is 2.48. The van der Waals surface area contributed by atoms with Crippen molar-refractivity contribution in [2.24, 2.45) is 0 Å². The van der Waals surface area contributed by atoms with Gasteiger partial charge in [-0.1, -0.05) is 6.92 Å². The molecule has 1 rings (SSSR count). The van der Waals surface area contributed by atoms with Crippen LogP contribution >= 0.6 is 0 Å². The topological polar surface area (TPSA) is 21.8 Å². The molecule has 1 aliphatic rings. The predicted molar refractivity (Wildman–Crippen MR) is 30.6 cm³/mol. The SMILES string of the molecule is CCOC1OC1CC. The first-order chi connectivity index (χ1) is 3.88. The maximum atomic E-state index is 5.13. The molecular formula is C6H12O2. The van der Waals surface area contributed by atoms with E-state index in [1.165, 1.54) is 0 Å². The van der Waals surface area contributed by atoms with Gasteiger partial charge in [0.25, 0.3) is 0 Å². The van der Waals surface area contributed by atoms with Gasteiger partial charge in [-0.3, -0.25) is 0 Å². The number of epoxide rings is 1. The molecule has 0 N–H and O–H groups in total. The number of hydrogen-bond acceptors (Lipinski definition) is 2. The molecule has 1 heterocycles. The maximum absolute atomic E-state index is 5.13. The summed E-state index contributed by atoms with van der Waals surface area (Å²) >= 11 is 0. The molecule has 0 saturated carbocycles. The fourth-order valence-electron chi connectivity index (χ4n) is 0.726. The summed E-state index contributed by atoms with van der Waals surface area (Å²) in [6.45, 7) is 4.85. The third-order valence-electron chi connectivity index (χ3n) is 1.27. The summed E-state index contributed by atoms with van der Waals surface area (Å²) in [5.74, 6) is 0. The third kappa shape index (κ3) is 1.20. The largest absolute Gasteiger partial charge is 0.350 e. The number of ether oxygens (including phenoxy) is 2. The minimum atomic E-state index is 0.130. The van der Waals surface area contributed by atoms with Crippen LogP contribution in [0, 0.1) is 0 Å². The Bertz CT molecular complexity index is 72.9. The quantitative estimate of drug-likeness (QED) is 0.516. The van der Waals surface area contributed by atoms with E-state index in [0.29, 0.717) is 6.10 Å². The van der Waals surface area contributed by atoms with Crippen molar-refractivity contribution in [3.8, 4) is 0 Å². The molecule has 0 aromatic rings. The molecule has 2 atom stereocenters. The van der Waals surface area contributed by atoms with Gasteiger partial charge in [-0.25, -0.2) is 0 Å². The summed E-state index contributed by atoms with van der Waals surface area (Å²) in [7, 11) is 0. The average molecular weight is 116 g/mol. The smallest absolute Gasteiger partial charge is 0.184 e. The zero-order valence-electron chi connectivity index (χ0n) is 5.39. The lowest BCUT2D eigenvalue weighted by molar-refractivity contribution is 0.0593. The third-order valence-corrected chi connectivity index (χ3v) is 1.27. The standard InChI is InChI=1S/C6H12O2/c1-3-5-6(8-5)7-4-2/h5-6H,3-4H2,1-2H3. The Kier molecular flexibility index (Phi) is 1.86. The van der Waals surface area contributed by atoms with Crippen LogP contribution in [0.15, 0.2) is 0 Å². The van der Waals surface area contributed by atoms with Crippen LogP contribution in [0.1, 0.15) is 20.3 Å². The van der Waals surface area contributed by atoms with E-state index < -0.39 is 0 Å². The normalized spacial score (nSPS) is 35.2. The van der Waals surface area contributed by atoms with Gasteiger partial charge in [0.15, 0.2) is 6.29 Å². The van der Waals surface area contributed by atoms with E-state index in [2.05, 4.69) is 6.92 Å². The summed E-state index contributed by atoms with van der Waals surface area (Å²) in [4.78, 5) is 0. The van der Waals surface area contributed by atoms with Gasteiger partial charge in [0.1, 0.15) is 6.10 Å². The van der Waals surface area contributed by atoms with Gasteiger partial charge in [0.05, 0.1) is 0 Å². The van der Waals surface area contributed by atoms with Crippen molar-refractivity contribution in [2.45, 2.75) is 32.7 Å². The molecule has 48 valence electrons. The lowest BCUT2D eigenvalue weighted by Gasteiger charge is -1.89. The van der Waals surface area contributed by atoms with Crippen molar-refractivity contribution in [2.75, 3.05) is 6.61 Å². The molecule has 0 radical (unpaired) electrons. The summed E-state index contributed by atoms with van der Waals surface area (Å²) in [5, 5.41) is 0. The highest BCUT2D eigenvalue weighted by Gasteiger charge is 2.37. The summed E-state index contributed by atoms with van der Waals surface area (Å²) < 4.78 is 10.2. The molecular weight excluding hydrogens is 104 g/mol. The van der Waals surface area contributed by atoms with Crippen LogP contribution in [0.2, 0.25) is 0 Å². The van der Waals surface area contributed by atoms with Crippen LogP contribution in [-0.4, -0.2) is 19.0 Å². The Morgan fingerprint density at radius 3 is 2.62 bits per heavy atom. The van der Waals surface area contributed by atoms with E-state index in [1.807, 2.05) is 6.92 Å². The first kappa shape index (κ1) is 6.05. The summed E-state index contributed by atoms with van der Waals surface area (Å²) in [5.41, 5.74) is 0. The highest BCUT2D eigenvalue weighted by Crippen LogP contribution is 2.25. The van der Waals surface area contributed by atoms with Crippen molar-refractivity contribution in [1.82, 2.24) is 0 Å². The predicted octanol–water partition coefficient (Wildman–Crippen LogP) is 1.16. The second kappa shape index (κ2) is 2.46. The fourth-order valence-corrected chi connectivity index (χ4v) is 0.726. The number of hydrogen-bond donors (Lipinski definition) is 0. The van der Waals surface area contributed by atoms with E-state index in [9.17, 15) is 0 Å². The molecule has 8 heavy (non-hydrogen) atoms. The van der Waals surface area contributed by atoms with Crippen LogP contribution in [0.5, 0.6) is 0 Å². The lowest BCUT2D eigenvalue weighted by atomic mass is 10.4. The molecule has 0 aliphatic carbocycles. The summed E-state index contributed by atoms with van der Waals surface area (Å²) in [6, 6.07) is 0. The van der Waals surface area contributed by atoms with Gasteiger partial charge in [0.2, 0.25) is 0 Å². The van der Waals surface area contributed by atoms with Crippen LogP contribution in [0.4, 0.5) is 0 Å². The molecule has 2 unspecified atom stereocenters. The minimum Gasteiger partial charge on any atom is -0.350 e. The van der Waals surface area contributed by atoms with Gasteiger partial charge < -0.3 is 9.47 Å². The van der Waals surface area contributed by atoms with E-state index in [0.717, 1.165) is 13.0 Å². The van der Waals surface area contributed by atoms with Crippen molar-refractivity contribution in [3.63, 3.8) is 0 Å². The monoisotopic (exact) mass is 116 g/mol. The maximum Gasteiger partial charge on any atom is 0.184 e. The molecule has 0 amide bonds. The molecule has 1 fully saturated rings. The Labute approximate surface area is 49.8 Å². The van der Waals surface area contributed by atoms with Crippen LogP contribution in [-0.2, 0) is 9.47 Å². The molecule has 0 spiro atoms. The van der Waals surface area contributed by atoms with Gasteiger partial charge in [-0.05, 0) is 13.3 Å². The Balaban J connectivity index is 1.99. The van der Waals surface area contributed by atoms with Gasteiger partial charge in [0, 0.05) is 6.61 Å². The second-order valence-electron chi connectivity index (χ2n) is 1.91. The van der Waals surface area contributed by atoms with E-state index >= 15 is 0 Å². The number of rotatable bonds is 3. The molecule has 0 aromatic heterocycles. The molecule has 2 heteroatoms. The Hall–Kier alpha value is -0.0800. The lowest BCUT2D eigenvalue weighted by Crippen LogP contribution is -1.97. The molecule has 2 nitrogen and oxygen atoms in total. The van der Waals surface area contributed by atoms with E-state index in [4.69, 9.17) is 9.47 Å². The van der Waals surface area contributed by atoms with Crippen molar-refractivity contribution >= 4 is 0 Å². The van der Waals surface area contributed by atoms with E-state index in [-0.39, 0.29) is 6.29 Å². The van der Waals surface area contributed by atoms with Crippen molar-refractivity contribution < 1.29 is 9.47 Å². The highest BCUT2D eigenvalue weighted by atomic mass is 16.8. The molecule has 0 aromatic carbocycles. The second-order valence-corrected chi connectivity index (χ2v) is 1.91. The fraction of sp³-hybridized carbons (Fsp3) is 1.00. The van der Waals surface area contributed by atoms with Crippen molar-refractivity contribution in [1.29, 1.82) is 0 Å².